The van der Waals surface area contributed by atoms with Crippen LogP contribution >= 0.6 is 0 Å². The summed E-state index contributed by atoms with van der Waals surface area (Å²) in [6.07, 6.45) is 0. The van der Waals surface area contributed by atoms with Gasteiger partial charge >= 0.3 is 0 Å². The van der Waals surface area contributed by atoms with Crippen molar-refractivity contribution in [2.75, 3.05) is 4.90 Å². The van der Waals surface area contributed by atoms with Gasteiger partial charge in [0.2, 0.25) is 0 Å². The minimum atomic E-state index is -0.625. The van der Waals surface area contributed by atoms with Crippen molar-refractivity contribution in [2.24, 2.45) is 0 Å². The Bertz CT molecular complexity index is 1300. The first-order valence-corrected chi connectivity index (χ1v) is 9.09. The van der Waals surface area contributed by atoms with Crippen molar-refractivity contribution >= 4 is 28.3 Å². The molecule has 1 heterocycles. The van der Waals surface area contributed by atoms with Gasteiger partial charge in [0.05, 0.1) is 16.8 Å². The molecule has 0 atom stereocenters. The van der Waals surface area contributed by atoms with Crippen LogP contribution in [0.3, 0.4) is 0 Å². The van der Waals surface area contributed by atoms with E-state index < -0.39 is 11.8 Å². The molecule has 5 rings (SSSR count). The number of benzene rings is 4. The van der Waals surface area contributed by atoms with E-state index >= 15 is 0 Å². The Hall–Kier alpha value is -4.12. The number of aromatic hydroxyl groups is 2. The molecular formula is C24H15NO4. The molecule has 140 valence electrons. The van der Waals surface area contributed by atoms with Gasteiger partial charge in [-0.2, -0.15) is 0 Å². The Morgan fingerprint density at radius 3 is 1.97 bits per heavy atom. The third-order valence-electron chi connectivity index (χ3n) is 5.21. The number of imide groups is 1. The molecule has 5 nitrogen and oxygen atoms in total. The van der Waals surface area contributed by atoms with Crippen LogP contribution in [-0.2, 0) is 0 Å². The fourth-order valence-corrected chi connectivity index (χ4v) is 3.91. The third kappa shape index (κ3) is 2.34. The second-order valence-corrected chi connectivity index (χ2v) is 6.82. The van der Waals surface area contributed by atoms with E-state index in [0.29, 0.717) is 16.6 Å². The summed E-state index contributed by atoms with van der Waals surface area (Å²) in [6.45, 7) is 0. The molecule has 0 fully saturated rings. The number of carbonyl (C=O) groups excluding carboxylic acids is 2. The summed E-state index contributed by atoms with van der Waals surface area (Å²) >= 11 is 0. The van der Waals surface area contributed by atoms with Crippen LogP contribution in [0.2, 0.25) is 0 Å². The maximum Gasteiger partial charge on any atom is 0.269 e. The van der Waals surface area contributed by atoms with Gasteiger partial charge in [0.1, 0.15) is 11.5 Å². The minimum absolute atomic E-state index is 0.00991. The van der Waals surface area contributed by atoms with Gasteiger partial charge in [-0.15, -0.1) is 0 Å². The zero-order valence-corrected chi connectivity index (χ0v) is 15.2. The maximum absolute atomic E-state index is 13.4. The van der Waals surface area contributed by atoms with Gasteiger partial charge in [-0.25, -0.2) is 4.90 Å². The molecule has 0 radical (unpaired) electrons. The molecule has 0 unspecified atom stereocenters. The number of rotatable bonds is 2. The van der Waals surface area contributed by atoms with Crippen LogP contribution < -0.4 is 4.90 Å². The number of carbonyl (C=O) groups is 2. The highest BCUT2D eigenvalue weighted by atomic mass is 16.3. The van der Waals surface area contributed by atoms with E-state index in [1.165, 1.54) is 0 Å². The zero-order valence-electron chi connectivity index (χ0n) is 15.2. The molecular weight excluding hydrogens is 366 g/mol. The van der Waals surface area contributed by atoms with E-state index in [0.717, 1.165) is 4.90 Å². The summed E-state index contributed by atoms with van der Waals surface area (Å²) in [7, 11) is 0. The summed E-state index contributed by atoms with van der Waals surface area (Å²) < 4.78 is 0. The molecule has 0 bridgehead atoms. The largest absolute Gasteiger partial charge is 0.507 e. The maximum atomic E-state index is 13.4. The molecule has 4 aromatic rings. The number of para-hydroxylation sites is 1. The van der Waals surface area contributed by atoms with Crippen molar-refractivity contribution in [3.8, 4) is 22.6 Å². The fraction of sp³-hybridized carbons (Fsp3) is 0. The number of hydrogen-bond donors (Lipinski definition) is 2. The summed E-state index contributed by atoms with van der Waals surface area (Å²) in [6, 6.07) is 22.3. The van der Waals surface area contributed by atoms with Gasteiger partial charge in [0.25, 0.3) is 11.8 Å². The van der Waals surface area contributed by atoms with Crippen LogP contribution in [0, 0.1) is 0 Å². The normalized spacial score (nSPS) is 13.2. The monoisotopic (exact) mass is 381 g/mol. The Morgan fingerprint density at radius 1 is 0.621 bits per heavy atom. The molecule has 1 aliphatic heterocycles. The first kappa shape index (κ1) is 17.0. The second-order valence-electron chi connectivity index (χ2n) is 6.82. The molecule has 2 N–H and O–H groups in total. The SMILES string of the molecule is O=C1c2cccc3c(O)c(-c4ccccc4)c(O)c(c23)C(=O)N1c1ccccc1. The van der Waals surface area contributed by atoms with Gasteiger partial charge in [0, 0.05) is 16.3 Å². The Morgan fingerprint density at radius 2 is 1.28 bits per heavy atom. The highest BCUT2D eigenvalue weighted by Crippen LogP contribution is 2.48. The molecule has 1 aliphatic rings. The highest BCUT2D eigenvalue weighted by molar-refractivity contribution is 6.37. The third-order valence-corrected chi connectivity index (χ3v) is 5.21. The van der Waals surface area contributed by atoms with E-state index in [4.69, 9.17) is 0 Å². The lowest BCUT2D eigenvalue weighted by atomic mass is 9.88. The molecule has 5 heteroatoms. The van der Waals surface area contributed by atoms with E-state index in [9.17, 15) is 19.8 Å². The number of hydrogen-bond acceptors (Lipinski definition) is 4. The van der Waals surface area contributed by atoms with Crippen LogP contribution in [0.4, 0.5) is 5.69 Å². The average Bonchev–Trinajstić information content (AvgIpc) is 2.75. The molecule has 29 heavy (non-hydrogen) atoms. The van der Waals surface area contributed by atoms with Gasteiger partial charge in [0.15, 0.2) is 0 Å². The lowest BCUT2D eigenvalue weighted by Gasteiger charge is -2.28. The van der Waals surface area contributed by atoms with Gasteiger partial charge < -0.3 is 10.2 Å². The number of phenols is 2. The number of anilines is 1. The molecule has 0 aliphatic carbocycles. The van der Waals surface area contributed by atoms with Crippen molar-refractivity contribution in [3.63, 3.8) is 0 Å². The standard InChI is InChI=1S/C24H15NO4/c26-21-16-12-7-13-17-19(16)20(22(27)18(21)14-8-3-1-4-9-14)24(29)25(23(17)28)15-10-5-2-6-11-15/h1-13,26-27H. The van der Waals surface area contributed by atoms with Crippen molar-refractivity contribution in [2.45, 2.75) is 0 Å². The van der Waals surface area contributed by atoms with E-state index in [-0.39, 0.29) is 33.6 Å². The first-order valence-electron chi connectivity index (χ1n) is 9.09. The Kier molecular flexibility index (Phi) is 3.64. The molecule has 0 spiro atoms. The summed E-state index contributed by atoms with van der Waals surface area (Å²) in [5, 5.41) is 22.6. The van der Waals surface area contributed by atoms with Crippen LogP contribution in [0.5, 0.6) is 11.5 Å². The minimum Gasteiger partial charge on any atom is -0.507 e. The van der Waals surface area contributed by atoms with Crippen LogP contribution in [-0.4, -0.2) is 22.0 Å². The Labute approximate surface area is 166 Å². The van der Waals surface area contributed by atoms with Crippen molar-refractivity contribution < 1.29 is 19.8 Å². The highest BCUT2D eigenvalue weighted by Gasteiger charge is 2.38. The average molecular weight is 381 g/mol. The van der Waals surface area contributed by atoms with Crippen molar-refractivity contribution in [1.29, 1.82) is 0 Å². The second kappa shape index (κ2) is 6.21. The molecule has 4 aromatic carbocycles. The molecule has 0 saturated carbocycles. The topological polar surface area (TPSA) is 77.8 Å². The summed E-state index contributed by atoms with van der Waals surface area (Å²) in [5.74, 6) is -1.62. The predicted octanol–water partition coefficient (Wildman–Crippen LogP) is 4.72. The fourth-order valence-electron chi connectivity index (χ4n) is 3.91. The number of amides is 2. The summed E-state index contributed by atoms with van der Waals surface area (Å²) in [5.41, 5.74) is 1.42. The molecule has 2 amide bonds. The van der Waals surface area contributed by atoms with E-state index in [1.54, 1.807) is 72.8 Å². The molecule has 0 aromatic heterocycles. The van der Waals surface area contributed by atoms with Gasteiger partial charge in [-0.1, -0.05) is 60.7 Å². The first-order chi connectivity index (χ1) is 14.1. The Balaban J connectivity index is 1.88. The zero-order chi connectivity index (χ0) is 20.1. The van der Waals surface area contributed by atoms with E-state index in [1.807, 2.05) is 6.07 Å². The number of phenolic OH excluding ortho intramolecular Hbond substituents is 2. The van der Waals surface area contributed by atoms with Crippen LogP contribution in [0.1, 0.15) is 20.7 Å². The number of nitrogens with zero attached hydrogens (tertiary/aromatic N) is 1. The van der Waals surface area contributed by atoms with E-state index in [2.05, 4.69) is 0 Å². The smallest absolute Gasteiger partial charge is 0.269 e. The van der Waals surface area contributed by atoms with Gasteiger partial charge in [-0.05, 0) is 23.8 Å². The lowest BCUT2D eigenvalue weighted by Crippen LogP contribution is -2.40. The lowest BCUT2D eigenvalue weighted by molar-refractivity contribution is 0.0892. The quantitative estimate of drug-likeness (QED) is 0.493. The van der Waals surface area contributed by atoms with Crippen molar-refractivity contribution in [3.05, 3.63) is 90.0 Å². The van der Waals surface area contributed by atoms with Crippen molar-refractivity contribution in [1.82, 2.24) is 0 Å². The summed E-state index contributed by atoms with van der Waals surface area (Å²) in [4.78, 5) is 27.6. The molecule has 0 saturated heterocycles. The van der Waals surface area contributed by atoms with Gasteiger partial charge in [-0.3, -0.25) is 9.59 Å². The van der Waals surface area contributed by atoms with Crippen LogP contribution in [0.15, 0.2) is 78.9 Å². The predicted molar refractivity (Wildman–Crippen MR) is 110 cm³/mol. The van der Waals surface area contributed by atoms with Crippen LogP contribution in [0.25, 0.3) is 21.9 Å².